The van der Waals surface area contributed by atoms with Gasteiger partial charge in [0, 0.05) is 19.2 Å². The fraction of sp³-hybridized carbons (Fsp3) is 0.300. The molecule has 1 amide bonds. The zero-order valence-corrected chi connectivity index (χ0v) is 7.45. The van der Waals surface area contributed by atoms with Crippen LogP contribution in [-0.4, -0.2) is 12.5 Å². The number of benzene rings is 1. The van der Waals surface area contributed by atoms with Crippen molar-refractivity contribution in [1.82, 2.24) is 0 Å². The summed E-state index contributed by atoms with van der Waals surface area (Å²) < 4.78 is 0. The van der Waals surface area contributed by atoms with Gasteiger partial charge in [0.1, 0.15) is 0 Å². The maximum Gasteiger partial charge on any atom is 0.223 e. The largest absolute Gasteiger partial charge is 0.313 e. The van der Waals surface area contributed by atoms with Gasteiger partial charge < -0.3 is 4.90 Å². The Morgan fingerprint density at radius 2 is 1.92 bits per heavy atom. The topological polar surface area (TPSA) is 20.3 Å². The molecule has 64 valence electrons. The van der Waals surface area contributed by atoms with Crippen molar-refractivity contribution in [2.75, 3.05) is 11.4 Å². The lowest BCUT2D eigenvalue weighted by Gasteiger charge is -2.18. The molecule has 0 radical (unpaired) electrons. The number of hydrogen-bond acceptors (Lipinski definition) is 1. The summed E-state index contributed by atoms with van der Waals surface area (Å²) >= 11 is 0. The highest BCUT2D eigenvalue weighted by atomic mass is 16.1. The van der Waals surface area contributed by atoms with Crippen molar-refractivity contribution in [3.8, 4) is 0 Å². The standard InChI is InChI=1S/C10H13NO/c1-3-11(9(2)12)10-7-5-4-6-8-10/h4-8H,3H2,1-2H3/i2-1. The summed E-state index contributed by atoms with van der Waals surface area (Å²) in [5.74, 6) is 0.0868. The van der Waals surface area contributed by atoms with E-state index in [2.05, 4.69) is 0 Å². The third-order valence-corrected chi connectivity index (χ3v) is 1.76. The molecular weight excluding hydrogens is 149 g/mol. The second-order valence-corrected chi connectivity index (χ2v) is 2.60. The van der Waals surface area contributed by atoms with E-state index in [9.17, 15) is 4.79 Å². The van der Waals surface area contributed by atoms with Crippen molar-refractivity contribution in [3.05, 3.63) is 30.3 Å². The first-order valence-electron chi connectivity index (χ1n) is 4.09. The van der Waals surface area contributed by atoms with E-state index in [0.717, 1.165) is 12.2 Å². The van der Waals surface area contributed by atoms with Crippen molar-refractivity contribution >= 4 is 11.6 Å². The van der Waals surface area contributed by atoms with Gasteiger partial charge in [-0.25, -0.2) is 0 Å². The molecule has 0 aliphatic rings. The third-order valence-electron chi connectivity index (χ3n) is 1.76. The number of hydrogen-bond donors (Lipinski definition) is 0. The summed E-state index contributed by atoms with van der Waals surface area (Å²) in [4.78, 5) is 12.8. The Balaban J connectivity index is 2.88. The molecule has 0 bridgehead atoms. The van der Waals surface area contributed by atoms with Gasteiger partial charge >= 0.3 is 0 Å². The van der Waals surface area contributed by atoms with Gasteiger partial charge in [0.05, 0.1) is 0 Å². The molecule has 0 aliphatic heterocycles. The Hall–Kier alpha value is -1.31. The summed E-state index contributed by atoms with van der Waals surface area (Å²) in [6.45, 7) is 4.27. The van der Waals surface area contributed by atoms with Gasteiger partial charge in [-0.15, -0.1) is 0 Å². The van der Waals surface area contributed by atoms with Gasteiger partial charge in [-0.3, -0.25) is 4.79 Å². The van der Waals surface area contributed by atoms with Crippen LogP contribution in [0.25, 0.3) is 0 Å². The van der Waals surface area contributed by atoms with E-state index in [1.165, 1.54) is 0 Å². The number of para-hydroxylation sites is 1. The minimum atomic E-state index is 0.0868. The number of carbonyl (C=O) groups excluding carboxylic acids is 1. The Morgan fingerprint density at radius 3 is 2.33 bits per heavy atom. The average Bonchev–Trinajstić information content (AvgIpc) is 2.07. The lowest BCUT2D eigenvalue weighted by atomic mass is 10.2. The molecule has 0 aromatic heterocycles. The Bertz CT molecular complexity index is 256. The molecule has 0 unspecified atom stereocenters. The molecule has 0 spiro atoms. The quantitative estimate of drug-likeness (QED) is 0.651. The smallest absolute Gasteiger partial charge is 0.223 e. The van der Waals surface area contributed by atoms with Crippen LogP contribution in [0.3, 0.4) is 0 Å². The van der Waals surface area contributed by atoms with Crippen molar-refractivity contribution < 1.29 is 4.79 Å². The summed E-state index contributed by atoms with van der Waals surface area (Å²) in [6, 6.07) is 9.68. The lowest BCUT2D eigenvalue weighted by molar-refractivity contribution is -0.116. The van der Waals surface area contributed by atoms with Crippen molar-refractivity contribution in [2.45, 2.75) is 13.8 Å². The normalized spacial score (nSPS) is 9.50. The third kappa shape index (κ3) is 1.84. The van der Waals surface area contributed by atoms with Crippen LogP contribution in [-0.2, 0) is 4.79 Å². The van der Waals surface area contributed by atoms with E-state index in [-0.39, 0.29) is 5.91 Å². The van der Waals surface area contributed by atoms with Crippen LogP contribution < -0.4 is 4.90 Å². The van der Waals surface area contributed by atoms with Crippen LogP contribution in [0.1, 0.15) is 13.8 Å². The molecule has 0 saturated carbocycles. The molecule has 0 heterocycles. The maximum absolute atomic E-state index is 11.1. The van der Waals surface area contributed by atoms with Crippen LogP contribution >= 0.6 is 0 Å². The van der Waals surface area contributed by atoms with Crippen molar-refractivity contribution in [2.24, 2.45) is 0 Å². The second kappa shape index (κ2) is 3.90. The highest BCUT2D eigenvalue weighted by molar-refractivity contribution is 5.91. The predicted octanol–water partition coefficient (Wildman–Crippen LogP) is 2.06. The molecule has 0 fully saturated rings. The van der Waals surface area contributed by atoms with E-state index in [1.54, 1.807) is 11.8 Å². The van der Waals surface area contributed by atoms with E-state index in [0.29, 0.717) is 0 Å². The molecule has 0 N–H and O–H groups in total. The van der Waals surface area contributed by atoms with Crippen LogP contribution in [0.5, 0.6) is 0 Å². The van der Waals surface area contributed by atoms with Gasteiger partial charge in [-0.05, 0) is 19.1 Å². The first kappa shape index (κ1) is 8.78. The molecule has 2 heteroatoms. The molecule has 12 heavy (non-hydrogen) atoms. The van der Waals surface area contributed by atoms with Crippen LogP contribution in [0.4, 0.5) is 5.69 Å². The number of carbonyl (C=O) groups is 1. The minimum absolute atomic E-state index is 0.0868. The van der Waals surface area contributed by atoms with Crippen molar-refractivity contribution in [3.63, 3.8) is 0 Å². The first-order chi connectivity index (χ1) is 5.75. The van der Waals surface area contributed by atoms with Gasteiger partial charge in [0.25, 0.3) is 0 Å². The highest BCUT2D eigenvalue weighted by Gasteiger charge is 2.06. The number of rotatable bonds is 2. The molecular formula is C10H13NO. The molecule has 1 aromatic rings. The molecule has 0 saturated heterocycles. The highest BCUT2D eigenvalue weighted by Crippen LogP contribution is 2.12. The van der Waals surface area contributed by atoms with E-state index < -0.39 is 0 Å². The molecule has 1 aromatic carbocycles. The molecule has 0 atom stereocenters. The van der Waals surface area contributed by atoms with Crippen LogP contribution in [0, 0.1) is 0 Å². The van der Waals surface area contributed by atoms with Gasteiger partial charge in [-0.2, -0.15) is 0 Å². The maximum atomic E-state index is 11.1. The SMILES string of the molecule is CCN(C([11CH3])=O)c1ccccc1. The van der Waals surface area contributed by atoms with E-state index >= 15 is 0 Å². The zero-order valence-electron chi connectivity index (χ0n) is 7.45. The molecule has 1 rings (SSSR count). The second-order valence-electron chi connectivity index (χ2n) is 2.60. The van der Waals surface area contributed by atoms with Crippen LogP contribution in [0.2, 0.25) is 0 Å². The average molecular weight is 162 g/mol. The predicted molar refractivity (Wildman–Crippen MR) is 50.1 cm³/mol. The van der Waals surface area contributed by atoms with E-state index in [4.69, 9.17) is 0 Å². The summed E-state index contributed by atoms with van der Waals surface area (Å²) in [5, 5.41) is 0. The van der Waals surface area contributed by atoms with Crippen molar-refractivity contribution in [1.29, 1.82) is 0 Å². The molecule has 0 aliphatic carbocycles. The van der Waals surface area contributed by atoms with Crippen LogP contribution in [0.15, 0.2) is 30.3 Å². The van der Waals surface area contributed by atoms with E-state index in [1.807, 2.05) is 37.3 Å². The van der Waals surface area contributed by atoms with Gasteiger partial charge in [0.2, 0.25) is 5.91 Å². The minimum Gasteiger partial charge on any atom is -0.313 e. The lowest BCUT2D eigenvalue weighted by Crippen LogP contribution is -2.27. The Kier molecular flexibility index (Phi) is 2.86. The van der Waals surface area contributed by atoms with Gasteiger partial charge in [0.15, 0.2) is 0 Å². The zero-order chi connectivity index (χ0) is 8.97. The Labute approximate surface area is 72.8 Å². The summed E-state index contributed by atoms with van der Waals surface area (Å²) in [6.07, 6.45) is 0. The number of nitrogens with zero attached hydrogens (tertiary/aromatic N) is 1. The monoisotopic (exact) mass is 162 g/mol. The molecule has 2 nitrogen and oxygen atoms in total. The first-order valence-corrected chi connectivity index (χ1v) is 4.09. The van der Waals surface area contributed by atoms with Gasteiger partial charge in [-0.1, -0.05) is 18.2 Å². The Morgan fingerprint density at radius 1 is 1.33 bits per heavy atom. The summed E-state index contributed by atoms with van der Waals surface area (Å²) in [7, 11) is 0. The number of anilines is 1. The summed E-state index contributed by atoms with van der Waals surface area (Å²) in [5.41, 5.74) is 0.965. The fourth-order valence-corrected chi connectivity index (χ4v) is 1.19. The fourth-order valence-electron chi connectivity index (χ4n) is 1.19. The number of amides is 1.